The molecule has 3 aromatic carbocycles. The van der Waals surface area contributed by atoms with Gasteiger partial charge in [0.2, 0.25) is 0 Å². The van der Waals surface area contributed by atoms with E-state index in [0.717, 1.165) is 24.1 Å². The number of carbonyl (C=O) groups is 2. The van der Waals surface area contributed by atoms with Gasteiger partial charge in [-0.15, -0.1) is 0 Å². The Morgan fingerprint density at radius 1 is 0.882 bits per heavy atom. The molecule has 1 saturated carbocycles. The lowest BCUT2D eigenvalue weighted by molar-refractivity contribution is 0.0952. The van der Waals surface area contributed by atoms with Crippen molar-refractivity contribution in [2.45, 2.75) is 18.9 Å². The Labute approximate surface area is 197 Å². The van der Waals surface area contributed by atoms with Crippen molar-refractivity contribution in [2.24, 2.45) is 0 Å². The highest BCUT2D eigenvalue weighted by molar-refractivity contribution is 6.11. The lowest BCUT2D eigenvalue weighted by atomic mass is 10.1. The van der Waals surface area contributed by atoms with Gasteiger partial charge in [0, 0.05) is 17.8 Å². The average Bonchev–Trinajstić information content (AvgIpc) is 3.58. The summed E-state index contributed by atoms with van der Waals surface area (Å²) in [6.45, 7) is 0. The molecule has 0 unspecified atom stereocenters. The van der Waals surface area contributed by atoms with Crippen LogP contribution in [-0.2, 0) is 0 Å². The van der Waals surface area contributed by atoms with Crippen molar-refractivity contribution in [2.75, 3.05) is 12.4 Å². The van der Waals surface area contributed by atoms with Crippen LogP contribution in [0.15, 0.2) is 85.1 Å². The van der Waals surface area contributed by atoms with Crippen LogP contribution in [0.25, 0.3) is 16.9 Å². The molecule has 0 atom stereocenters. The molecule has 1 aliphatic carbocycles. The molecule has 2 amide bonds. The SMILES string of the molecule is COc1ccc(-c2nn(-c3ccccc3)cc2C(=O)Nc2ccccc2C(=O)NC2CC2)cc1. The minimum atomic E-state index is -0.348. The molecule has 170 valence electrons. The van der Waals surface area contributed by atoms with Crippen molar-refractivity contribution in [3.8, 4) is 22.7 Å². The van der Waals surface area contributed by atoms with Gasteiger partial charge in [0.25, 0.3) is 11.8 Å². The van der Waals surface area contributed by atoms with Gasteiger partial charge in [-0.1, -0.05) is 30.3 Å². The van der Waals surface area contributed by atoms with Crippen molar-refractivity contribution in [3.05, 3.63) is 96.2 Å². The third-order valence-electron chi connectivity index (χ3n) is 5.68. The van der Waals surface area contributed by atoms with Crippen molar-refractivity contribution in [3.63, 3.8) is 0 Å². The summed E-state index contributed by atoms with van der Waals surface area (Å²) in [6.07, 6.45) is 3.69. The highest BCUT2D eigenvalue weighted by Gasteiger charge is 2.26. The molecule has 4 aromatic rings. The van der Waals surface area contributed by atoms with Gasteiger partial charge in [-0.25, -0.2) is 4.68 Å². The van der Waals surface area contributed by atoms with Gasteiger partial charge < -0.3 is 15.4 Å². The van der Waals surface area contributed by atoms with Crippen LogP contribution in [0, 0.1) is 0 Å². The fourth-order valence-electron chi connectivity index (χ4n) is 3.69. The van der Waals surface area contributed by atoms with E-state index in [1.165, 1.54) is 0 Å². The quantitative estimate of drug-likeness (QED) is 0.426. The number of para-hydroxylation sites is 2. The van der Waals surface area contributed by atoms with E-state index in [4.69, 9.17) is 9.84 Å². The summed E-state index contributed by atoms with van der Waals surface area (Å²) in [5, 5.41) is 10.6. The summed E-state index contributed by atoms with van der Waals surface area (Å²) in [5.74, 6) is 0.182. The summed E-state index contributed by atoms with van der Waals surface area (Å²) in [7, 11) is 1.61. The molecule has 0 radical (unpaired) electrons. The Balaban J connectivity index is 1.50. The first-order valence-corrected chi connectivity index (χ1v) is 11.1. The van der Waals surface area contributed by atoms with Gasteiger partial charge in [-0.3, -0.25) is 9.59 Å². The number of hydrogen-bond acceptors (Lipinski definition) is 4. The van der Waals surface area contributed by atoms with Gasteiger partial charge in [-0.2, -0.15) is 5.10 Å². The molecule has 0 spiro atoms. The van der Waals surface area contributed by atoms with E-state index < -0.39 is 0 Å². The molecule has 2 N–H and O–H groups in total. The lowest BCUT2D eigenvalue weighted by Gasteiger charge is -2.11. The molecule has 7 heteroatoms. The number of anilines is 1. The topological polar surface area (TPSA) is 85.2 Å². The first-order valence-electron chi connectivity index (χ1n) is 11.1. The number of benzene rings is 3. The number of aromatic nitrogens is 2. The summed E-state index contributed by atoms with van der Waals surface area (Å²) in [4.78, 5) is 26.1. The van der Waals surface area contributed by atoms with Crippen molar-refractivity contribution in [1.29, 1.82) is 0 Å². The number of ether oxygens (including phenoxy) is 1. The summed E-state index contributed by atoms with van der Waals surface area (Å²) >= 11 is 0. The van der Waals surface area contributed by atoms with Crippen molar-refractivity contribution in [1.82, 2.24) is 15.1 Å². The summed E-state index contributed by atoms with van der Waals surface area (Å²) in [6, 6.07) is 24.2. The Kier molecular flexibility index (Phi) is 5.82. The van der Waals surface area contributed by atoms with E-state index in [2.05, 4.69) is 10.6 Å². The molecule has 7 nitrogen and oxygen atoms in total. The highest BCUT2D eigenvalue weighted by atomic mass is 16.5. The van der Waals surface area contributed by atoms with E-state index in [9.17, 15) is 9.59 Å². The van der Waals surface area contributed by atoms with E-state index >= 15 is 0 Å². The number of nitrogens with zero attached hydrogens (tertiary/aromatic N) is 2. The van der Waals surface area contributed by atoms with E-state index in [1.54, 1.807) is 42.3 Å². The van der Waals surface area contributed by atoms with Crippen LogP contribution in [0.5, 0.6) is 5.75 Å². The normalized spacial score (nSPS) is 12.7. The molecule has 0 aliphatic heterocycles. The van der Waals surface area contributed by atoms with Crippen LogP contribution < -0.4 is 15.4 Å². The largest absolute Gasteiger partial charge is 0.497 e. The van der Waals surface area contributed by atoms with Crippen molar-refractivity contribution >= 4 is 17.5 Å². The molecule has 0 bridgehead atoms. The number of amides is 2. The average molecular weight is 453 g/mol. The maximum absolute atomic E-state index is 13.5. The fourth-order valence-corrected chi connectivity index (χ4v) is 3.69. The molecule has 5 rings (SSSR count). The molecule has 1 fully saturated rings. The molecule has 1 aromatic heterocycles. The zero-order valence-corrected chi connectivity index (χ0v) is 18.7. The standard InChI is InChI=1S/C27H24N4O3/c1-34-21-15-11-18(12-16-21)25-23(17-31(30-25)20-7-3-2-4-8-20)27(33)29-24-10-6-5-9-22(24)26(32)28-19-13-14-19/h2-12,15-17,19H,13-14H2,1H3,(H,28,32)(H,29,33). The zero-order chi connectivity index (χ0) is 23.5. The third-order valence-corrected chi connectivity index (χ3v) is 5.68. The van der Waals surface area contributed by atoms with Crippen LogP contribution in [0.3, 0.4) is 0 Å². The van der Waals surface area contributed by atoms with E-state index in [1.807, 2.05) is 54.6 Å². The first kappa shape index (κ1) is 21.5. The lowest BCUT2D eigenvalue weighted by Crippen LogP contribution is -2.27. The summed E-state index contributed by atoms with van der Waals surface area (Å²) < 4.78 is 6.94. The number of methoxy groups -OCH3 is 1. The van der Waals surface area contributed by atoms with Crippen LogP contribution in [0.2, 0.25) is 0 Å². The molecule has 0 saturated heterocycles. The van der Waals surface area contributed by atoms with Crippen LogP contribution in [0.1, 0.15) is 33.6 Å². The predicted octanol–water partition coefficient (Wildman–Crippen LogP) is 4.69. The Morgan fingerprint density at radius 2 is 1.59 bits per heavy atom. The highest BCUT2D eigenvalue weighted by Crippen LogP contribution is 2.27. The number of hydrogen-bond donors (Lipinski definition) is 2. The third kappa shape index (κ3) is 4.54. The van der Waals surface area contributed by atoms with Gasteiger partial charge >= 0.3 is 0 Å². The maximum atomic E-state index is 13.5. The predicted molar refractivity (Wildman–Crippen MR) is 130 cm³/mol. The molecule has 1 aliphatic rings. The Morgan fingerprint density at radius 3 is 2.29 bits per heavy atom. The summed E-state index contributed by atoms with van der Waals surface area (Å²) in [5.41, 5.74) is 3.43. The molecule has 1 heterocycles. The Bertz CT molecular complexity index is 1330. The smallest absolute Gasteiger partial charge is 0.259 e. The van der Waals surface area contributed by atoms with E-state index in [-0.39, 0.29) is 17.9 Å². The minimum absolute atomic E-state index is 0.186. The van der Waals surface area contributed by atoms with Crippen LogP contribution in [0.4, 0.5) is 5.69 Å². The number of carbonyl (C=O) groups excluding carboxylic acids is 2. The van der Waals surface area contributed by atoms with Gasteiger partial charge in [-0.05, 0) is 61.4 Å². The monoisotopic (exact) mass is 452 g/mol. The fraction of sp³-hybridized carbons (Fsp3) is 0.148. The first-order chi connectivity index (χ1) is 16.6. The van der Waals surface area contributed by atoms with Crippen LogP contribution in [-0.4, -0.2) is 34.7 Å². The second-order valence-electron chi connectivity index (χ2n) is 8.15. The molecular weight excluding hydrogens is 428 g/mol. The second kappa shape index (κ2) is 9.23. The van der Waals surface area contributed by atoms with Gasteiger partial charge in [0.05, 0.1) is 29.6 Å². The van der Waals surface area contributed by atoms with Crippen LogP contribution >= 0.6 is 0 Å². The number of rotatable bonds is 7. The zero-order valence-electron chi connectivity index (χ0n) is 18.7. The Hall–Kier alpha value is -4.39. The molecule has 34 heavy (non-hydrogen) atoms. The maximum Gasteiger partial charge on any atom is 0.259 e. The minimum Gasteiger partial charge on any atom is -0.497 e. The number of nitrogens with one attached hydrogen (secondary N) is 2. The second-order valence-corrected chi connectivity index (χ2v) is 8.15. The van der Waals surface area contributed by atoms with Crippen molar-refractivity contribution < 1.29 is 14.3 Å². The van der Waals surface area contributed by atoms with Gasteiger partial charge in [0.15, 0.2) is 0 Å². The molecular formula is C27H24N4O3. The van der Waals surface area contributed by atoms with Gasteiger partial charge in [0.1, 0.15) is 11.4 Å². The van der Waals surface area contributed by atoms with E-state index in [0.29, 0.717) is 28.3 Å².